The number of ether oxygens (including phenoxy) is 1. The summed E-state index contributed by atoms with van der Waals surface area (Å²) in [6.07, 6.45) is 0. The van der Waals surface area contributed by atoms with Gasteiger partial charge in [0.25, 0.3) is 17.8 Å². The highest BCUT2D eigenvalue weighted by Crippen LogP contribution is 2.14. The van der Waals surface area contributed by atoms with E-state index < -0.39 is 17.9 Å². The monoisotopic (exact) mass is 379 g/mol. The molecule has 10 nitrogen and oxygen atoms in total. The summed E-state index contributed by atoms with van der Waals surface area (Å²) in [6.45, 7) is 4.12. The molecule has 11 heteroatoms. The first-order chi connectivity index (χ1) is 12.6. The Morgan fingerprint density at radius 3 is 2.69 bits per heavy atom. The van der Waals surface area contributed by atoms with Gasteiger partial charge in [0.1, 0.15) is 0 Å². The summed E-state index contributed by atoms with van der Waals surface area (Å²) in [5.74, 6) is -0.568. The largest absolute Gasteiger partial charge is 0.378 e. The summed E-state index contributed by atoms with van der Waals surface area (Å²) < 4.78 is 5.27. The van der Waals surface area contributed by atoms with Crippen LogP contribution in [-0.2, 0) is 9.53 Å². The van der Waals surface area contributed by atoms with Crippen molar-refractivity contribution in [1.82, 2.24) is 31.1 Å². The van der Waals surface area contributed by atoms with Crippen LogP contribution in [0.15, 0.2) is 24.3 Å². The molecule has 1 fully saturated rings. The Balaban J connectivity index is 1.57. The quantitative estimate of drug-likeness (QED) is 0.728. The fraction of sp³-hybridized carbons (Fsp3) is 0.400. The van der Waals surface area contributed by atoms with Crippen LogP contribution in [-0.4, -0.2) is 58.3 Å². The molecule has 0 aliphatic carbocycles. The SMILES string of the molecule is CC(C(=O)NNC(=O)c1ccccc1Cl)n1nnc(N2CCOCC2)n1. The van der Waals surface area contributed by atoms with Crippen LogP contribution < -0.4 is 15.8 Å². The van der Waals surface area contributed by atoms with E-state index >= 15 is 0 Å². The van der Waals surface area contributed by atoms with Gasteiger partial charge in [-0.25, -0.2) is 0 Å². The molecule has 1 unspecified atom stereocenters. The smallest absolute Gasteiger partial charge is 0.271 e. The van der Waals surface area contributed by atoms with E-state index in [1.165, 1.54) is 4.80 Å². The van der Waals surface area contributed by atoms with Crippen LogP contribution in [0.5, 0.6) is 0 Å². The lowest BCUT2D eigenvalue weighted by atomic mass is 10.2. The zero-order valence-electron chi connectivity index (χ0n) is 14.1. The Morgan fingerprint density at radius 1 is 1.23 bits per heavy atom. The number of amides is 2. The van der Waals surface area contributed by atoms with Crippen molar-refractivity contribution < 1.29 is 14.3 Å². The number of morpholine rings is 1. The highest BCUT2D eigenvalue weighted by Gasteiger charge is 2.22. The molecule has 0 bridgehead atoms. The maximum atomic E-state index is 12.2. The van der Waals surface area contributed by atoms with Crippen LogP contribution in [0, 0.1) is 0 Å². The summed E-state index contributed by atoms with van der Waals surface area (Å²) in [7, 11) is 0. The van der Waals surface area contributed by atoms with E-state index in [4.69, 9.17) is 16.3 Å². The van der Waals surface area contributed by atoms with Crippen molar-refractivity contribution in [1.29, 1.82) is 0 Å². The number of aromatic nitrogens is 4. The number of carbonyl (C=O) groups is 2. The van der Waals surface area contributed by atoms with Crippen LogP contribution in [0.4, 0.5) is 5.95 Å². The van der Waals surface area contributed by atoms with E-state index in [9.17, 15) is 9.59 Å². The minimum atomic E-state index is -0.760. The molecule has 0 spiro atoms. The molecule has 1 aromatic heterocycles. The van der Waals surface area contributed by atoms with Crippen LogP contribution in [0.25, 0.3) is 0 Å². The van der Waals surface area contributed by atoms with Gasteiger partial charge in [0.2, 0.25) is 0 Å². The minimum Gasteiger partial charge on any atom is -0.378 e. The number of benzene rings is 1. The molecule has 0 radical (unpaired) electrons. The molecule has 1 aromatic carbocycles. The third-order valence-electron chi connectivity index (χ3n) is 3.86. The lowest BCUT2D eigenvalue weighted by Gasteiger charge is -2.24. The fourth-order valence-corrected chi connectivity index (χ4v) is 2.53. The molecular formula is C15H18ClN7O3. The molecule has 2 amide bonds. The van der Waals surface area contributed by atoms with Crippen molar-refractivity contribution in [3.05, 3.63) is 34.9 Å². The molecule has 1 aliphatic rings. The van der Waals surface area contributed by atoms with E-state index in [1.54, 1.807) is 31.2 Å². The van der Waals surface area contributed by atoms with Crippen LogP contribution in [0.1, 0.15) is 23.3 Å². The number of carbonyl (C=O) groups excluding carboxylic acids is 2. The molecule has 2 N–H and O–H groups in total. The van der Waals surface area contributed by atoms with Gasteiger partial charge in [0, 0.05) is 13.1 Å². The molecule has 2 heterocycles. The molecule has 1 aliphatic heterocycles. The average Bonchev–Trinajstić information content (AvgIpc) is 3.16. The number of hydrogen-bond acceptors (Lipinski definition) is 7. The standard InChI is InChI=1S/C15H18ClN7O3/c1-10(23-20-15(19-21-23)22-6-8-26-9-7-22)13(24)17-18-14(25)11-4-2-3-5-12(11)16/h2-5,10H,6-9H2,1H3,(H,17,24)(H,18,25). The van der Waals surface area contributed by atoms with Crippen LogP contribution in [0.3, 0.4) is 0 Å². The summed E-state index contributed by atoms with van der Waals surface area (Å²) in [5.41, 5.74) is 4.92. The molecular weight excluding hydrogens is 362 g/mol. The summed E-state index contributed by atoms with van der Waals surface area (Å²) in [4.78, 5) is 27.4. The molecule has 0 saturated carbocycles. The third-order valence-corrected chi connectivity index (χ3v) is 4.18. The topological polar surface area (TPSA) is 114 Å². The summed E-state index contributed by atoms with van der Waals surface area (Å²) in [5, 5.41) is 12.4. The number of nitrogens with zero attached hydrogens (tertiary/aromatic N) is 5. The van der Waals surface area contributed by atoms with Gasteiger partial charge in [0.15, 0.2) is 6.04 Å². The van der Waals surface area contributed by atoms with E-state index in [1.807, 2.05) is 4.90 Å². The second-order valence-corrected chi connectivity index (χ2v) is 6.02. The predicted octanol–water partition coefficient (Wildman–Crippen LogP) is 0.185. The number of hydrazine groups is 1. The minimum absolute atomic E-state index is 0.260. The van der Waals surface area contributed by atoms with Crippen molar-refractivity contribution in [3.8, 4) is 0 Å². The summed E-state index contributed by atoms with van der Waals surface area (Å²) in [6, 6.07) is 5.78. The lowest BCUT2D eigenvalue weighted by Crippen LogP contribution is -2.45. The van der Waals surface area contributed by atoms with E-state index in [0.29, 0.717) is 37.3 Å². The fourth-order valence-electron chi connectivity index (χ4n) is 2.31. The predicted molar refractivity (Wildman–Crippen MR) is 92.6 cm³/mol. The Hall–Kier alpha value is -2.72. The van der Waals surface area contributed by atoms with Gasteiger partial charge in [-0.2, -0.15) is 0 Å². The molecule has 1 saturated heterocycles. The first kappa shape index (κ1) is 18.1. The van der Waals surface area contributed by atoms with Gasteiger partial charge in [-0.05, 0) is 24.3 Å². The van der Waals surface area contributed by atoms with Gasteiger partial charge in [0.05, 0.1) is 23.8 Å². The van der Waals surface area contributed by atoms with Crippen molar-refractivity contribution in [2.24, 2.45) is 0 Å². The zero-order chi connectivity index (χ0) is 18.5. The van der Waals surface area contributed by atoms with Gasteiger partial charge in [-0.3, -0.25) is 20.4 Å². The third kappa shape index (κ3) is 4.09. The maximum absolute atomic E-state index is 12.2. The van der Waals surface area contributed by atoms with E-state index in [0.717, 1.165) is 0 Å². The average molecular weight is 380 g/mol. The number of tetrazole rings is 1. The molecule has 138 valence electrons. The molecule has 3 rings (SSSR count). The van der Waals surface area contributed by atoms with Gasteiger partial charge < -0.3 is 9.64 Å². The molecule has 26 heavy (non-hydrogen) atoms. The van der Waals surface area contributed by atoms with Crippen molar-refractivity contribution in [2.45, 2.75) is 13.0 Å². The Morgan fingerprint density at radius 2 is 1.96 bits per heavy atom. The first-order valence-electron chi connectivity index (χ1n) is 8.03. The van der Waals surface area contributed by atoms with E-state index in [-0.39, 0.29) is 5.56 Å². The zero-order valence-corrected chi connectivity index (χ0v) is 14.8. The Labute approximate surface area is 154 Å². The molecule has 2 aromatic rings. The van der Waals surface area contributed by atoms with Crippen LogP contribution in [0.2, 0.25) is 5.02 Å². The lowest BCUT2D eigenvalue weighted by molar-refractivity contribution is -0.125. The van der Waals surface area contributed by atoms with E-state index in [2.05, 4.69) is 26.3 Å². The van der Waals surface area contributed by atoms with Gasteiger partial charge in [-0.1, -0.05) is 28.8 Å². The second-order valence-electron chi connectivity index (χ2n) is 5.61. The number of halogens is 1. The highest BCUT2D eigenvalue weighted by atomic mass is 35.5. The van der Waals surface area contributed by atoms with Crippen molar-refractivity contribution >= 4 is 29.4 Å². The van der Waals surface area contributed by atoms with Crippen molar-refractivity contribution in [2.75, 3.05) is 31.2 Å². The maximum Gasteiger partial charge on any atom is 0.271 e. The number of rotatable bonds is 4. The van der Waals surface area contributed by atoms with Crippen molar-refractivity contribution in [3.63, 3.8) is 0 Å². The normalized spacial score (nSPS) is 15.4. The number of nitrogens with one attached hydrogen (secondary N) is 2. The highest BCUT2D eigenvalue weighted by molar-refractivity contribution is 6.33. The Bertz CT molecular complexity index is 791. The van der Waals surface area contributed by atoms with Crippen LogP contribution >= 0.6 is 11.6 Å². The Kier molecular flexibility index (Phi) is 5.64. The van der Waals surface area contributed by atoms with Gasteiger partial charge >= 0.3 is 0 Å². The first-order valence-corrected chi connectivity index (χ1v) is 8.41. The summed E-state index contributed by atoms with van der Waals surface area (Å²) >= 11 is 5.95. The molecule has 1 atom stereocenters. The van der Waals surface area contributed by atoms with Gasteiger partial charge in [-0.15, -0.1) is 9.90 Å². The number of anilines is 1. The second kappa shape index (κ2) is 8.11. The number of hydrogen-bond donors (Lipinski definition) is 2.